The second kappa shape index (κ2) is 11.2. The van der Waals surface area contributed by atoms with E-state index in [0.29, 0.717) is 28.0 Å². The Morgan fingerprint density at radius 3 is 2.77 bits per heavy atom. The number of nitrogens with two attached hydrogens (primary N) is 1. The van der Waals surface area contributed by atoms with Gasteiger partial charge in [-0.25, -0.2) is 9.97 Å². The monoisotopic (exact) mass is 496 g/mol. The predicted octanol–water partition coefficient (Wildman–Crippen LogP) is 3.65. The van der Waals surface area contributed by atoms with Crippen molar-refractivity contribution in [3.05, 3.63) is 64.7 Å². The number of methoxy groups -OCH3 is 1. The highest BCUT2D eigenvalue weighted by Crippen LogP contribution is 2.44. The van der Waals surface area contributed by atoms with Gasteiger partial charge in [-0.3, -0.25) is 9.78 Å². The van der Waals surface area contributed by atoms with Gasteiger partial charge in [0.05, 0.1) is 25.3 Å². The van der Waals surface area contributed by atoms with Crippen molar-refractivity contribution < 1.29 is 14.6 Å². The summed E-state index contributed by atoms with van der Waals surface area (Å²) in [5.74, 6) is 1.18. The number of hydrogen-bond acceptors (Lipinski definition) is 8. The van der Waals surface area contributed by atoms with Gasteiger partial charge < -0.3 is 25.8 Å². The molecule has 0 radical (unpaired) electrons. The van der Waals surface area contributed by atoms with E-state index >= 15 is 0 Å². The molecule has 0 fully saturated rings. The van der Waals surface area contributed by atoms with Crippen LogP contribution in [0.5, 0.6) is 5.75 Å². The van der Waals surface area contributed by atoms with Crippen molar-refractivity contribution >= 4 is 35.2 Å². The number of ether oxygens (including phenoxy) is 1. The molecule has 0 aliphatic carbocycles. The number of amides is 1. The molecule has 1 atom stereocenters. The van der Waals surface area contributed by atoms with E-state index in [2.05, 4.69) is 26.8 Å². The number of carbonyl (C=O) groups excluding carboxylic acids is 1. The lowest BCUT2D eigenvalue weighted by Gasteiger charge is -2.30. The maximum atomic E-state index is 12.4. The highest BCUT2D eigenvalue weighted by Gasteiger charge is 2.25. The summed E-state index contributed by atoms with van der Waals surface area (Å²) in [6.07, 6.45) is 4.59. The van der Waals surface area contributed by atoms with Crippen molar-refractivity contribution in [2.75, 3.05) is 37.9 Å². The maximum Gasteiger partial charge on any atom is 0.269 e. The van der Waals surface area contributed by atoms with Crippen molar-refractivity contribution in [2.24, 2.45) is 0 Å². The number of nitrogens with zero attached hydrogens (tertiary/aromatic N) is 4. The Hall–Kier alpha value is -3.69. The third kappa shape index (κ3) is 5.21. The third-order valence-electron chi connectivity index (χ3n) is 5.85. The molecule has 10 heteroatoms. The molecule has 0 aliphatic rings. The van der Waals surface area contributed by atoms with Crippen LogP contribution in [0.25, 0.3) is 17.2 Å². The molecule has 3 rings (SSSR count). The van der Waals surface area contributed by atoms with E-state index < -0.39 is 0 Å². The fourth-order valence-corrected chi connectivity index (χ4v) is 4.07. The van der Waals surface area contributed by atoms with Crippen LogP contribution < -0.4 is 20.7 Å². The molecule has 3 aromatic rings. The lowest BCUT2D eigenvalue weighted by atomic mass is 9.93. The number of pyridine rings is 1. The second-order valence-corrected chi connectivity index (χ2v) is 8.28. The van der Waals surface area contributed by atoms with E-state index in [1.54, 1.807) is 31.5 Å². The van der Waals surface area contributed by atoms with E-state index in [0.717, 1.165) is 22.3 Å². The zero-order chi connectivity index (χ0) is 25.7. The third-order valence-corrected chi connectivity index (χ3v) is 6.24. The second-order valence-electron chi connectivity index (χ2n) is 7.88. The van der Waals surface area contributed by atoms with E-state index in [9.17, 15) is 4.79 Å². The molecule has 0 bridgehead atoms. The summed E-state index contributed by atoms with van der Waals surface area (Å²) < 4.78 is 5.90. The Labute approximate surface area is 209 Å². The fourth-order valence-electron chi connectivity index (χ4n) is 3.86. The minimum absolute atomic E-state index is 0.137. The number of nitrogens with one attached hydrogen (secondary N) is 1. The summed E-state index contributed by atoms with van der Waals surface area (Å²) >= 11 is 6.69. The lowest BCUT2D eigenvalue weighted by Crippen LogP contribution is -2.27. The highest BCUT2D eigenvalue weighted by atomic mass is 35.5. The number of anilines is 2. The number of aromatic nitrogens is 3. The summed E-state index contributed by atoms with van der Waals surface area (Å²) in [6.45, 7) is 7.71. The molecule has 35 heavy (non-hydrogen) atoms. The summed E-state index contributed by atoms with van der Waals surface area (Å²) in [7, 11) is 3.48. The minimum Gasteiger partial charge on any atom is -0.496 e. The smallest absolute Gasteiger partial charge is 0.269 e. The normalized spacial score (nSPS) is 11.6. The Morgan fingerprint density at radius 1 is 1.37 bits per heavy atom. The van der Waals surface area contributed by atoms with E-state index in [1.807, 2.05) is 31.9 Å². The average Bonchev–Trinajstić information content (AvgIpc) is 2.87. The van der Waals surface area contributed by atoms with Crippen LogP contribution >= 0.6 is 11.6 Å². The quantitative estimate of drug-likeness (QED) is 0.409. The van der Waals surface area contributed by atoms with Gasteiger partial charge in [0, 0.05) is 35.9 Å². The minimum atomic E-state index is -0.383. The van der Waals surface area contributed by atoms with Crippen LogP contribution in [0.3, 0.4) is 0 Å². The van der Waals surface area contributed by atoms with Gasteiger partial charge in [-0.1, -0.05) is 24.3 Å². The van der Waals surface area contributed by atoms with Gasteiger partial charge in [0.25, 0.3) is 5.91 Å². The molecule has 2 aromatic heterocycles. The summed E-state index contributed by atoms with van der Waals surface area (Å²) in [6, 6.07) is 5.11. The van der Waals surface area contributed by atoms with Gasteiger partial charge in [-0.05, 0) is 43.2 Å². The SMILES string of the molecule is C=Cc1c(N)ncnc1N(C)C(C)c1cc(Cl)c(C)c(-c2ccnc(C(=O)NCCO)c2)c1OC. The Balaban J connectivity index is 2.14. The number of aliphatic hydroxyl groups is 1. The maximum absolute atomic E-state index is 12.4. The Bertz CT molecular complexity index is 1250. The summed E-state index contributed by atoms with van der Waals surface area (Å²) in [5.41, 5.74) is 9.97. The van der Waals surface area contributed by atoms with Crippen LogP contribution in [-0.2, 0) is 0 Å². The van der Waals surface area contributed by atoms with Crippen molar-refractivity contribution in [1.29, 1.82) is 0 Å². The summed E-state index contributed by atoms with van der Waals surface area (Å²) in [4.78, 5) is 27.0. The molecular formula is C25H29ClN6O3. The van der Waals surface area contributed by atoms with Gasteiger partial charge in [0.15, 0.2) is 0 Å². The standard InChI is InChI=1S/C25H29ClN6O3/c1-6-17-23(27)30-13-31-24(17)32(4)15(3)18-12-19(26)14(2)21(22(18)35-5)16-7-8-28-20(11-16)25(34)29-9-10-33/h6-8,11-13,15,33H,1,9-10H2,2-5H3,(H,29,34)(H2,27,30,31). The number of rotatable bonds is 9. The first kappa shape index (κ1) is 25.9. The molecule has 0 spiro atoms. The Kier molecular flexibility index (Phi) is 8.26. The molecule has 0 saturated carbocycles. The summed E-state index contributed by atoms with van der Waals surface area (Å²) in [5, 5.41) is 12.2. The lowest BCUT2D eigenvalue weighted by molar-refractivity contribution is 0.0940. The zero-order valence-corrected chi connectivity index (χ0v) is 20.9. The Morgan fingerprint density at radius 2 is 2.11 bits per heavy atom. The van der Waals surface area contributed by atoms with Gasteiger partial charge in [0.1, 0.15) is 29.4 Å². The number of benzene rings is 1. The molecule has 2 heterocycles. The molecule has 4 N–H and O–H groups in total. The van der Waals surface area contributed by atoms with Crippen LogP contribution in [0.4, 0.5) is 11.6 Å². The van der Waals surface area contributed by atoms with Crippen LogP contribution in [0.1, 0.15) is 40.1 Å². The first-order valence-electron chi connectivity index (χ1n) is 10.9. The van der Waals surface area contributed by atoms with E-state index in [1.165, 1.54) is 6.33 Å². The van der Waals surface area contributed by atoms with Crippen molar-refractivity contribution in [3.63, 3.8) is 0 Å². The van der Waals surface area contributed by atoms with Gasteiger partial charge in [-0.15, -0.1) is 0 Å². The first-order valence-corrected chi connectivity index (χ1v) is 11.3. The van der Waals surface area contributed by atoms with E-state index in [4.69, 9.17) is 27.2 Å². The first-order chi connectivity index (χ1) is 16.7. The largest absolute Gasteiger partial charge is 0.496 e. The van der Waals surface area contributed by atoms with Crippen LogP contribution in [0.15, 0.2) is 37.3 Å². The average molecular weight is 497 g/mol. The fraction of sp³-hybridized carbons (Fsp3) is 0.280. The number of nitrogen functional groups attached to an aromatic ring is 1. The van der Waals surface area contributed by atoms with Crippen LogP contribution in [0, 0.1) is 6.92 Å². The number of hydrogen-bond donors (Lipinski definition) is 3. The van der Waals surface area contributed by atoms with Crippen molar-refractivity contribution in [1.82, 2.24) is 20.3 Å². The zero-order valence-electron chi connectivity index (χ0n) is 20.2. The molecule has 0 saturated heterocycles. The van der Waals surface area contributed by atoms with Crippen LogP contribution in [-0.4, -0.2) is 53.3 Å². The van der Waals surface area contributed by atoms with Gasteiger partial charge >= 0.3 is 0 Å². The van der Waals surface area contributed by atoms with Gasteiger partial charge in [-0.2, -0.15) is 0 Å². The number of carbonyl (C=O) groups is 1. The van der Waals surface area contributed by atoms with Gasteiger partial charge in [0.2, 0.25) is 0 Å². The van der Waals surface area contributed by atoms with Crippen LogP contribution in [0.2, 0.25) is 5.02 Å². The molecule has 1 unspecified atom stereocenters. The van der Waals surface area contributed by atoms with Crippen molar-refractivity contribution in [3.8, 4) is 16.9 Å². The van der Waals surface area contributed by atoms with Crippen molar-refractivity contribution in [2.45, 2.75) is 19.9 Å². The molecular weight excluding hydrogens is 468 g/mol. The molecule has 1 amide bonds. The predicted molar refractivity (Wildman–Crippen MR) is 139 cm³/mol. The molecule has 0 aliphatic heterocycles. The molecule has 184 valence electrons. The van der Waals surface area contributed by atoms with E-state index in [-0.39, 0.29) is 30.8 Å². The molecule has 9 nitrogen and oxygen atoms in total. The molecule has 1 aromatic carbocycles. The topological polar surface area (TPSA) is 126 Å². The highest BCUT2D eigenvalue weighted by molar-refractivity contribution is 6.32. The number of halogens is 1. The number of aliphatic hydroxyl groups excluding tert-OH is 1.